The SMILES string of the molecule is CCC[C@@H]1C[C@@H](C(=O)N[C@@H]([C@H]2O[C@H](SC)C(O)C(O)[C@H]2O)[C@@H](C)O)N(C)C1.Cl. The summed E-state index contributed by atoms with van der Waals surface area (Å²) in [4.78, 5) is 14.9. The van der Waals surface area contributed by atoms with Crippen molar-refractivity contribution in [2.24, 2.45) is 5.92 Å². The molecule has 9 atom stereocenters. The van der Waals surface area contributed by atoms with E-state index in [2.05, 4.69) is 12.2 Å². The minimum Gasteiger partial charge on any atom is -0.391 e. The Bertz CT molecular complexity index is 501. The second-order valence-electron chi connectivity index (χ2n) is 7.80. The largest absolute Gasteiger partial charge is 0.391 e. The van der Waals surface area contributed by atoms with Crippen molar-refractivity contribution in [3.8, 4) is 0 Å². The number of hydrogen-bond donors (Lipinski definition) is 5. The molecule has 2 rings (SSSR count). The van der Waals surface area contributed by atoms with Gasteiger partial charge >= 0.3 is 0 Å². The minimum atomic E-state index is -1.42. The van der Waals surface area contributed by atoms with Crippen LogP contribution in [0.3, 0.4) is 0 Å². The molecule has 2 saturated heterocycles. The van der Waals surface area contributed by atoms with Gasteiger partial charge in [-0.1, -0.05) is 13.3 Å². The maximum Gasteiger partial charge on any atom is 0.237 e. The Labute approximate surface area is 177 Å². The van der Waals surface area contributed by atoms with E-state index in [1.165, 1.54) is 18.7 Å². The van der Waals surface area contributed by atoms with E-state index in [1.807, 2.05) is 11.9 Å². The molecule has 0 bridgehead atoms. The Balaban J connectivity index is 0.00000392. The van der Waals surface area contributed by atoms with Crippen LogP contribution in [0.4, 0.5) is 0 Å². The lowest BCUT2D eigenvalue weighted by Crippen LogP contribution is -2.65. The van der Waals surface area contributed by atoms with E-state index in [0.717, 1.165) is 25.8 Å². The number of nitrogens with zero attached hydrogens (tertiary/aromatic N) is 1. The molecule has 166 valence electrons. The van der Waals surface area contributed by atoms with Gasteiger partial charge in [-0.05, 0) is 39.0 Å². The number of halogens is 1. The third kappa shape index (κ3) is 5.72. The van der Waals surface area contributed by atoms with E-state index in [4.69, 9.17) is 4.74 Å². The molecule has 10 heteroatoms. The van der Waals surface area contributed by atoms with E-state index >= 15 is 0 Å². The number of aliphatic hydroxyl groups excluding tert-OH is 4. The molecule has 0 radical (unpaired) electrons. The highest BCUT2D eigenvalue weighted by molar-refractivity contribution is 7.99. The van der Waals surface area contributed by atoms with Crippen molar-refractivity contribution in [2.75, 3.05) is 19.8 Å². The number of carbonyl (C=O) groups is 1. The zero-order chi connectivity index (χ0) is 20.3. The minimum absolute atomic E-state index is 0. The lowest BCUT2D eigenvalue weighted by atomic mass is 9.92. The first-order chi connectivity index (χ1) is 12.7. The molecule has 2 fully saturated rings. The number of carbonyl (C=O) groups excluding carboxylic acids is 1. The lowest BCUT2D eigenvalue weighted by molar-refractivity contribution is -0.211. The van der Waals surface area contributed by atoms with E-state index in [1.54, 1.807) is 6.26 Å². The molecule has 0 spiro atoms. The number of likely N-dealkylation sites (tertiary alicyclic amines) is 1. The Morgan fingerprint density at radius 2 is 1.93 bits per heavy atom. The smallest absolute Gasteiger partial charge is 0.237 e. The van der Waals surface area contributed by atoms with Crippen LogP contribution in [0, 0.1) is 5.92 Å². The molecule has 0 aliphatic carbocycles. The summed E-state index contributed by atoms with van der Waals surface area (Å²) in [5.41, 5.74) is -0.755. The first-order valence-electron chi connectivity index (χ1n) is 9.62. The number of likely N-dealkylation sites (N-methyl/N-ethyl adjacent to an activating group) is 1. The molecule has 0 saturated carbocycles. The van der Waals surface area contributed by atoms with Crippen LogP contribution in [-0.2, 0) is 9.53 Å². The molecule has 5 N–H and O–H groups in total. The Morgan fingerprint density at radius 1 is 1.29 bits per heavy atom. The average Bonchev–Trinajstić information content (AvgIpc) is 2.99. The van der Waals surface area contributed by atoms with Gasteiger partial charge in [0, 0.05) is 6.54 Å². The van der Waals surface area contributed by atoms with Crippen LogP contribution in [0.5, 0.6) is 0 Å². The Hall–Kier alpha value is -0.130. The molecule has 0 aromatic heterocycles. The first-order valence-corrected chi connectivity index (χ1v) is 10.9. The second-order valence-corrected chi connectivity index (χ2v) is 8.73. The number of aliphatic hydroxyl groups is 4. The summed E-state index contributed by atoms with van der Waals surface area (Å²) in [6, 6.07) is -1.20. The molecule has 2 unspecified atom stereocenters. The topological polar surface area (TPSA) is 122 Å². The highest BCUT2D eigenvalue weighted by atomic mass is 35.5. The van der Waals surface area contributed by atoms with Crippen LogP contribution < -0.4 is 5.32 Å². The number of thioether (sulfide) groups is 1. The van der Waals surface area contributed by atoms with Crippen molar-refractivity contribution in [3.05, 3.63) is 0 Å². The van der Waals surface area contributed by atoms with Gasteiger partial charge in [0.15, 0.2) is 0 Å². The molecule has 0 aromatic carbocycles. The van der Waals surface area contributed by atoms with Gasteiger partial charge in [-0.2, -0.15) is 0 Å². The molecule has 28 heavy (non-hydrogen) atoms. The highest BCUT2D eigenvalue weighted by Gasteiger charge is 2.48. The summed E-state index contributed by atoms with van der Waals surface area (Å²) in [6.07, 6.45) is -1.50. The summed E-state index contributed by atoms with van der Waals surface area (Å²) in [5.74, 6) is 0.245. The van der Waals surface area contributed by atoms with Gasteiger partial charge < -0.3 is 30.5 Å². The molecule has 2 heterocycles. The number of amides is 1. The maximum absolute atomic E-state index is 12.8. The van der Waals surface area contributed by atoms with Gasteiger partial charge in [0.1, 0.15) is 29.9 Å². The van der Waals surface area contributed by atoms with Crippen molar-refractivity contribution in [3.63, 3.8) is 0 Å². The van der Waals surface area contributed by atoms with Crippen LogP contribution >= 0.6 is 24.2 Å². The first kappa shape index (κ1) is 25.9. The Kier molecular flexibility index (Phi) is 10.5. The van der Waals surface area contributed by atoms with Gasteiger partial charge in [0.05, 0.1) is 18.2 Å². The van der Waals surface area contributed by atoms with Crippen LogP contribution in [0.1, 0.15) is 33.1 Å². The zero-order valence-electron chi connectivity index (χ0n) is 16.9. The fourth-order valence-corrected chi connectivity index (χ4v) is 4.81. The van der Waals surface area contributed by atoms with Crippen molar-refractivity contribution in [2.45, 2.75) is 81.1 Å². The van der Waals surface area contributed by atoms with Crippen molar-refractivity contribution >= 4 is 30.1 Å². The summed E-state index contributed by atoms with van der Waals surface area (Å²) in [5, 5.41) is 43.5. The van der Waals surface area contributed by atoms with Crippen molar-refractivity contribution < 1.29 is 30.0 Å². The average molecular weight is 443 g/mol. The van der Waals surface area contributed by atoms with Crippen molar-refractivity contribution in [1.29, 1.82) is 0 Å². The van der Waals surface area contributed by atoms with Crippen molar-refractivity contribution in [1.82, 2.24) is 10.2 Å². The van der Waals surface area contributed by atoms with Crippen LogP contribution in [-0.4, -0.2) is 99.1 Å². The fraction of sp³-hybridized carbons (Fsp3) is 0.944. The molecule has 0 aromatic rings. The second kappa shape index (κ2) is 11.3. The number of rotatable bonds is 7. The van der Waals surface area contributed by atoms with Gasteiger partial charge in [-0.3, -0.25) is 9.69 Å². The van der Waals surface area contributed by atoms with Crippen LogP contribution in [0.2, 0.25) is 0 Å². The van der Waals surface area contributed by atoms with Gasteiger partial charge in [0.2, 0.25) is 5.91 Å². The van der Waals surface area contributed by atoms with E-state index < -0.39 is 42.0 Å². The number of nitrogens with one attached hydrogen (secondary N) is 1. The third-order valence-electron chi connectivity index (χ3n) is 5.66. The van der Waals surface area contributed by atoms with Crippen LogP contribution in [0.15, 0.2) is 0 Å². The predicted molar refractivity (Wildman–Crippen MR) is 110 cm³/mol. The predicted octanol–water partition coefficient (Wildman–Crippen LogP) is -0.435. The molecule has 8 nitrogen and oxygen atoms in total. The summed E-state index contributed by atoms with van der Waals surface area (Å²) in [7, 11) is 1.91. The molecule has 2 aliphatic heterocycles. The molecule has 2 aliphatic rings. The summed E-state index contributed by atoms with van der Waals surface area (Å²) < 4.78 is 5.72. The zero-order valence-corrected chi connectivity index (χ0v) is 18.5. The molecule has 1 amide bonds. The summed E-state index contributed by atoms with van der Waals surface area (Å²) in [6.45, 7) is 4.48. The third-order valence-corrected chi connectivity index (χ3v) is 6.51. The van der Waals surface area contributed by atoms with Gasteiger partial charge in [-0.15, -0.1) is 24.2 Å². The highest BCUT2D eigenvalue weighted by Crippen LogP contribution is 2.30. The Morgan fingerprint density at radius 3 is 2.46 bits per heavy atom. The van der Waals surface area contributed by atoms with E-state index in [0.29, 0.717) is 5.92 Å². The standard InChI is InChI=1S/C18H34N2O6S.ClH/c1-5-6-10-7-11(20(3)8-10)17(25)19-12(9(2)21)16-14(23)13(22)15(24)18(26-16)27-4;/h9-16,18,21-24H,5-8H2,1-4H3,(H,19,25);1H/t9-,10-,11+,12-,13?,14-,15?,16-,18-;/m1./s1. The van der Waals surface area contributed by atoms with Gasteiger partial charge in [-0.25, -0.2) is 0 Å². The molecular formula is C18H35ClN2O6S. The van der Waals surface area contributed by atoms with Gasteiger partial charge in [0.25, 0.3) is 0 Å². The summed E-state index contributed by atoms with van der Waals surface area (Å²) >= 11 is 1.20. The van der Waals surface area contributed by atoms with Crippen LogP contribution in [0.25, 0.3) is 0 Å². The quantitative estimate of drug-likeness (QED) is 0.360. The maximum atomic E-state index is 12.8. The lowest BCUT2D eigenvalue weighted by Gasteiger charge is -2.44. The number of ether oxygens (including phenoxy) is 1. The molecular weight excluding hydrogens is 408 g/mol. The number of hydrogen-bond acceptors (Lipinski definition) is 8. The fourth-order valence-electron chi connectivity index (χ4n) is 4.13. The normalized spacial score (nSPS) is 38.5. The van der Waals surface area contributed by atoms with E-state index in [-0.39, 0.29) is 24.4 Å². The monoisotopic (exact) mass is 442 g/mol. The van der Waals surface area contributed by atoms with E-state index in [9.17, 15) is 25.2 Å².